The van der Waals surface area contributed by atoms with E-state index in [-0.39, 0.29) is 17.2 Å². The lowest BCUT2D eigenvalue weighted by Gasteiger charge is -2.18. The van der Waals surface area contributed by atoms with Crippen LogP contribution in [0.3, 0.4) is 0 Å². The molecular weight excluding hydrogens is 508 g/mol. The largest absolute Gasteiger partial charge is 0.349 e. The fourth-order valence-corrected chi connectivity index (χ4v) is 3.36. The van der Waals surface area contributed by atoms with Gasteiger partial charge in [-0.05, 0) is 45.3 Å². The van der Waals surface area contributed by atoms with Crippen LogP contribution in [0.15, 0.2) is 41.3 Å². The molecule has 35 heavy (non-hydrogen) atoms. The molecule has 8 nitrogen and oxygen atoms in total. The van der Waals surface area contributed by atoms with Gasteiger partial charge in [-0.3, -0.25) is 9.59 Å². The van der Waals surface area contributed by atoms with E-state index in [1.165, 1.54) is 5.56 Å². The minimum absolute atomic E-state index is 0.136. The number of hydrogen-bond donors (Lipinski definition) is 4. The van der Waals surface area contributed by atoms with Gasteiger partial charge in [0.1, 0.15) is 4.60 Å². The molecule has 0 bridgehead atoms. The quantitative estimate of drug-likeness (QED) is 0.262. The first kappa shape index (κ1) is 28.3. The first-order valence-corrected chi connectivity index (χ1v) is 12.9. The first-order chi connectivity index (χ1) is 16.7. The molecule has 3 aromatic rings. The fraction of sp³-hybridized carbons (Fsp3) is 0.462. The Morgan fingerprint density at radius 1 is 0.857 bits per heavy atom. The van der Waals surface area contributed by atoms with E-state index in [4.69, 9.17) is 0 Å². The maximum Gasteiger partial charge on any atom is 0.287 e. The van der Waals surface area contributed by atoms with Crippen molar-refractivity contribution in [2.75, 3.05) is 13.1 Å². The van der Waals surface area contributed by atoms with Gasteiger partial charge in [0.05, 0.1) is 18.1 Å². The molecule has 9 heteroatoms. The van der Waals surface area contributed by atoms with Crippen molar-refractivity contribution in [2.45, 2.75) is 65.7 Å². The molecule has 3 rings (SSSR count). The molecule has 0 spiro atoms. The number of halogens is 1. The van der Waals surface area contributed by atoms with Crippen LogP contribution in [-0.4, -0.2) is 44.8 Å². The molecule has 2 aromatic heterocycles. The fourth-order valence-electron chi connectivity index (χ4n) is 3.07. The van der Waals surface area contributed by atoms with Gasteiger partial charge in [0, 0.05) is 13.1 Å². The van der Waals surface area contributed by atoms with E-state index in [0.29, 0.717) is 29.3 Å². The second-order valence-corrected chi connectivity index (χ2v) is 10.1. The van der Waals surface area contributed by atoms with Gasteiger partial charge in [0.25, 0.3) is 11.8 Å². The molecule has 0 aliphatic rings. The van der Waals surface area contributed by atoms with E-state index in [2.05, 4.69) is 105 Å². The number of H-pyrrole nitrogens is 2. The van der Waals surface area contributed by atoms with E-state index >= 15 is 0 Å². The second kappa shape index (κ2) is 13.8. The van der Waals surface area contributed by atoms with Crippen LogP contribution in [0, 0.1) is 0 Å². The summed E-state index contributed by atoms with van der Waals surface area (Å²) in [7, 11) is 0. The Kier molecular flexibility index (Phi) is 11.2. The van der Waals surface area contributed by atoms with Crippen molar-refractivity contribution in [3.63, 3.8) is 0 Å². The number of carbonyl (C=O) groups excluding carboxylic acids is 2. The minimum atomic E-state index is -0.154. The van der Waals surface area contributed by atoms with Crippen LogP contribution in [0.5, 0.6) is 0 Å². The summed E-state index contributed by atoms with van der Waals surface area (Å²) in [6, 6.07) is 8.37. The van der Waals surface area contributed by atoms with Crippen LogP contribution in [0.1, 0.15) is 87.1 Å². The molecule has 0 aliphatic heterocycles. The molecule has 0 saturated carbocycles. The Bertz CT molecular complexity index is 1070. The zero-order valence-corrected chi connectivity index (χ0v) is 22.9. The van der Waals surface area contributed by atoms with Crippen LogP contribution < -0.4 is 10.6 Å². The zero-order valence-electron chi connectivity index (χ0n) is 21.3. The Balaban J connectivity index is 0.000000283. The number of aromatic nitrogens is 4. The van der Waals surface area contributed by atoms with Gasteiger partial charge in [-0.25, -0.2) is 9.97 Å². The van der Waals surface area contributed by atoms with Crippen LogP contribution in [0.25, 0.3) is 11.3 Å². The topological polar surface area (TPSA) is 116 Å². The number of nitrogens with one attached hydrogen (secondary N) is 4. The van der Waals surface area contributed by atoms with Gasteiger partial charge >= 0.3 is 0 Å². The third kappa shape index (κ3) is 9.32. The van der Waals surface area contributed by atoms with Gasteiger partial charge in [-0.15, -0.1) is 0 Å². The number of imidazole rings is 2. The summed E-state index contributed by atoms with van der Waals surface area (Å²) in [5, 5.41) is 5.62. The van der Waals surface area contributed by atoms with Gasteiger partial charge in [-0.2, -0.15) is 0 Å². The number of aromatic amines is 2. The maximum atomic E-state index is 11.9. The molecule has 1 aromatic carbocycles. The van der Waals surface area contributed by atoms with E-state index in [1.807, 2.05) is 0 Å². The summed E-state index contributed by atoms with van der Waals surface area (Å²) in [5.74, 6) is 0.416. The van der Waals surface area contributed by atoms with Crippen molar-refractivity contribution >= 4 is 27.7 Å². The van der Waals surface area contributed by atoms with Gasteiger partial charge in [0.2, 0.25) is 0 Å². The van der Waals surface area contributed by atoms with E-state index < -0.39 is 0 Å². The second-order valence-electron chi connectivity index (χ2n) is 9.27. The lowest BCUT2D eigenvalue weighted by molar-refractivity contribution is 0.0935. The van der Waals surface area contributed by atoms with Crippen LogP contribution in [0.4, 0.5) is 0 Å². The van der Waals surface area contributed by atoms with Crippen molar-refractivity contribution in [2.24, 2.45) is 0 Å². The zero-order chi connectivity index (χ0) is 25.8. The minimum Gasteiger partial charge on any atom is -0.349 e. The Labute approximate surface area is 216 Å². The smallest absolute Gasteiger partial charge is 0.287 e. The molecule has 4 N–H and O–H groups in total. The summed E-state index contributed by atoms with van der Waals surface area (Å²) in [6.07, 6.45) is 7.38. The number of benzene rings is 1. The standard InChI is InChI=1S/C18H25N3O.C8H12BrN3O/c1-5-6-11-19-17(22)16-20-12-15(21-16)13-7-9-14(10-8-13)18(2,3)4;1-2-3-4-10-8(13)7-11-5-6(9)12-7/h7-10,12H,5-6,11H2,1-4H3,(H,19,22)(H,20,21);5H,2-4H2,1H3,(H,10,13)(H,11,12). The number of amides is 2. The van der Waals surface area contributed by atoms with Crippen molar-refractivity contribution in [1.29, 1.82) is 0 Å². The Morgan fingerprint density at radius 3 is 1.83 bits per heavy atom. The molecule has 0 aliphatic carbocycles. The van der Waals surface area contributed by atoms with Crippen LogP contribution in [-0.2, 0) is 5.41 Å². The predicted octanol–water partition coefficient (Wildman–Crippen LogP) is 5.61. The first-order valence-electron chi connectivity index (χ1n) is 12.1. The molecule has 0 unspecified atom stereocenters. The third-order valence-electron chi connectivity index (χ3n) is 5.24. The maximum absolute atomic E-state index is 11.9. The monoisotopic (exact) mass is 544 g/mol. The number of carbonyl (C=O) groups is 2. The highest BCUT2D eigenvalue weighted by molar-refractivity contribution is 9.10. The lowest BCUT2D eigenvalue weighted by Crippen LogP contribution is -2.25. The molecule has 190 valence electrons. The number of hydrogen-bond acceptors (Lipinski definition) is 4. The average molecular weight is 546 g/mol. The molecule has 0 fully saturated rings. The van der Waals surface area contributed by atoms with Gasteiger partial charge in [-0.1, -0.05) is 71.7 Å². The van der Waals surface area contributed by atoms with Gasteiger partial charge < -0.3 is 20.6 Å². The molecule has 2 amide bonds. The van der Waals surface area contributed by atoms with E-state index in [0.717, 1.165) is 36.9 Å². The SMILES string of the molecule is CCCCNC(=O)c1ncc(-c2ccc(C(C)(C)C)cc2)[nH]1.CCCCNC(=O)c1ncc(Br)[nH]1. The molecule has 0 atom stereocenters. The third-order valence-corrected chi connectivity index (χ3v) is 5.65. The van der Waals surface area contributed by atoms with Crippen molar-refractivity contribution in [3.05, 3.63) is 58.5 Å². The average Bonchev–Trinajstić information content (AvgIpc) is 3.49. The van der Waals surface area contributed by atoms with Crippen molar-refractivity contribution < 1.29 is 9.59 Å². The summed E-state index contributed by atoms with van der Waals surface area (Å²) < 4.78 is 0.716. The van der Waals surface area contributed by atoms with Gasteiger partial charge in [0.15, 0.2) is 11.6 Å². The summed E-state index contributed by atoms with van der Waals surface area (Å²) in [6.45, 7) is 12.1. The summed E-state index contributed by atoms with van der Waals surface area (Å²) in [5.41, 5.74) is 3.32. The van der Waals surface area contributed by atoms with Crippen LogP contribution >= 0.6 is 15.9 Å². The van der Waals surface area contributed by atoms with Crippen molar-refractivity contribution in [1.82, 2.24) is 30.6 Å². The van der Waals surface area contributed by atoms with Crippen molar-refractivity contribution in [3.8, 4) is 11.3 Å². The summed E-state index contributed by atoms with van der Waals surface area (Å²) in [4.78, 5) is 37.2. The number of unbranched alkanes of at least 4 members (excludes halogenated alkanes) is 2. The highest BCUT2D eigenvalue weighted by Gasteiger charge is 2.14. The van der Waals surface area contributed by atoms with E-state index in [9.17, 15) is 9.59 Å². The molecule has 0 saturated heterocycles. The molecule has 2 heterocycles. The Hall–Kier alpha value is -2.94. The Morgan fingerprint density at radius 2 is 1.37 bits per heavy atom. The lowest BCUT2D eigenvalue weighted by atomic mass is 9.86. The van der Waals surface area contributed by atoms with E-state index in [1.54, 1.807) is 12.4 Å². The van der Waals surface area contributed by atoms with Crippen LogP contribution in [0.2, 0.25) is 0 Å². The number of rotatable bonds is 9. The molecular formula is C26H37BrN6O2. The highest BCUT2D eigenvalue weighted by Crippen LogP contribution is 2.25. The number of nitrogens with zero attached hydrogens (tertiary/aromatic N) is 2. The molecule has 0 radical (unpaired) electrons. The highest BCUT2D eigenvalue weighted by atomic mass is 79.9. The summed E-state index contributed by atoms with van der Waals surface area (Å²) >= 11 is 3.18. The normalized spacial score (nSPS) is 10.9. The predicted molar refractivity (Wildman–Crippen MR) is 143 cm³/mol.